The first-order chi connectivity index (χ1) is 5.73. The van der Waals surface area contributed by atoms with E-state index in [1.165, 1.54) is 38.1 Å². The number of fused-ring (bicyclic) bond motifs is 1. The van der Waals surface area contributed by atoms with Crippen LogP contribution in [0.5, 0.6) is 0 Å². The van der Waals surface area contributed by atoms with E-state index < -0.39 is 0 Å². The van der Waals surface area contributed by atoms with Crippen LogP contribution < -0.4 is 5.32 Å². The Morgan fingerprint density at radius 2 is 2.33 bits per heavy atom. The predicted octanol–water partition coefficient (Wildman–Crippen LogP) is 1.64. The summed E-state index contributed by atoms with van der Waals surface area (Å²) >= 11 is 0. The third kappa shape index (κ3) is 1.39. The Balaban J connectivity index is 2.06. The molecular weight excluding hydrogens is 166 g/mol. The lowest BCUT2D eigenvalue weighted by atomic mass is 9.83. The summed E-state index contributed by atoms with van der Waals surface area (Å²) in [5, 5.41) is 3.58. The van der Waals surface area contributed by atoms with Gasteiger partial charge in [0.15, 0.2) is 0 Å². The molecule has 0 radical (unpaired) electrons. The molecule has 72 valence electrons. The molecule has 0 amide bonds. The fourth-order valence-electron chi connectivity index (χ4n) is 3.15. The van der Waals surface area contributed by atoms with Crippen LogP contribution in [-0.4, -0.2) is 31.4 Å². The first-order valence-corrected chi connectivity index (χ1v) is 7.50. The standard InChI is InChI=1S/C10H21NS/c1-12(2)8-10-5-3-4-9(10)6-11-7-10/h9,11-12H,3-8H2,1-2H3. The van der Waals surface area contributed by atoms with Crippen LogP contribution in [0.1, 0.15) is 19.3 Å². The second-order valence-corrected chi connectivity index (χ2v) is 7.30. The summed E-state index contributed by atoms with van der Waals surface area (Å²) in [4.78, 5) is 0. The summed E-state index contributed by atoms with van der Waals surface area (Å²) in [5.74, 6) is 2.54. The minimum atomic E-state index is 0.307. The summed E-state index contributed by atoms with van der Waals surface area (Å²) in [7, 11) is 0.307. The topological polar surface area (TPSA) is 12.0 Å². The molecule has 2 rings (SSSR count). The van der Waals surface area contributed by atoms with Crippen molar-refractivity contribution in [1.82, 2.24) is 5.32 Å². The van der Waals surface area contributed by atoms with Gasteiger partial charge >= 0.3 is 0 Å². The third-order valence-electron chi connectivity index (χ3n) is 3.59. The number of hydrogen-bond acceptors (Lipinski definition) is 1. The Labute approximate surface area is 78.7 Å². The average molecular weight is 187 g/mol. The molecule has 2 heteroatoms. The molecule has 0 aromatic rings. The zero-order valence-corrected chi connectivity index (χ0v) is 9.16. The quantitative estimate of drug-likeness (QED) is 0.626. The van der Waals surface area contributed by atoms with Crippen LogP contribution in [0.2, 0.25) is 0 Å². The molecule has 2 atom stereocenters. The van der Waals surface area contributed by atoms with Crippen LogP contribution in [0.25, 0.3) is 0 Å². The average Bonchev–Trinajstić information content (AvgIpc) is 2.42. The van der Waals surface area contributed by atoms with Crippen molar-refractivity contribution in [1.29, 1.82) is 0 Å². The van der Waals surface area contributed by atoms with E-state index in [2.05, 4.69) is 17.8 Å². The minimum Gasteiger partial charge on any atom is -0.316 e. The molecule has 0 aromatic heterocycles. The Kier molecular flexibility index (Phi) is 2.39. The van der Waals surface area contributed by atoms with Crippen LogP contribution in [0, 0.1) is 11.3 Å². The fourth-order valence-corrected chi connectivity index (χ4v) is 4.94. The van der Waals surface area contributed by atoms with Gasteiger partial charge in [-0.15, -0.1) is 0 Å². The minimum absolute atomic E-state index is 0.307. The highest BCUT2D eigenvalue weighted by Gasteiger charge is 2.45. The molecule has 0 spiro atoms. The lowest BCUT2D eigenvalue weighted by molar-refractivity contribution is 0.314. The fraction of sp³-hybridized carbons (Fsp3) is 1.00. The van der Waals surface area contributed by atoms with E-state index in [4.69, 9.17) is 0 Å². The summed E-state index contributed by atoms with van der Waals surface area (Å²) in [6.45, 7) is 2.63. The van der Waals surface area contributed by atoms with Gasteiger partial charge in [0.05, 0.1) is 0 Å². The number of thiol groups is 1. The van der Waals surface area contributed by atoms with Crippen molar-refractivity contribution in [2.45, 2.75) is 19.3 Å². The first kappa shape index (κ1) is 8.89. The normalized spacial score (nSPS) is 41.5. The Hall–Kier alpha value is 0.310. The van der Waals surface area contributed by atoms with Gasteiger partial charge in [0.2, 0.25) is 0 Å². The molecule has 1 aliphatic heterocycles. The van der Waals surface area contributed by atoms with Crippen molar-refractivity contribution in [2.24, 2.45) is 11.3 Å². The van der Waals surface area contributed by atoms with Crippen LogP contribution in [0.3, 0.4) is 0 Å². The van der Waals surface area contributed by atoms with Gasteiger partial charge in [-0.2, -0.15) is 0 Å². The second-order valence-electron chi connectivity index (χ2n) is 4.82. The van der Waals surface area contributed by atoms with Crippen molar-refractivity contribution < 1.29 is 0 Å². The molecule has 0 bridgehead atoms. The molecule has 1 nitrogen and oxygen atoms in total. The first-order valence-electron chi connectivity index (χ1n) is 5.08. The zero-order valence-electron chi connectivity index (χ0n) is 8.27. The lowest BCUT2D eigenvalue weighted by Crippen LogP contribution is -2.29. The lowest BCUT2D eigenvalue weighted by Gasteiger charge is -2.31. The molecular formula is C10H21NS. The summed E-state index contributed by atoms with van der Waals surface area (Å²) in [6.07, 6.45) is 9.35. The number of hydrogen-bond donors (Lipinski definition) is 2. The van der Waals surface area contributed by atoms with E-state index in [0.717, 1.165) is 11.3 Å². The van der Waals surface area contributed by atoms with Gasteiger partial charge in [-0.1, -0.05) is 6.42 Å². The molecule has 1 saturated heterocycles. The molecule has 1 saturated carbocycles. The van der Waals surface area contributed by atoms with E-state index >= 15 is 0 Å². The molecule has 2 unspecified atom stereocenters. The monoisotopic (exact) mass is 187 g/mol. The molecule has 1 heterocycles. The highest BCUT2D eigenvalue weighted by atomic mass is 32.2. The van der Waals surface area contributed by atoms with Gasteiger partial charge in [-0.05, 0) is 49.0 Å². The number of rotatable bonds is 2. The van der Waals surface area contributed by atoms with Crippen molar-refractivity contribution in [2.75, 3.05) is 31.4 Å². The van der Waals surface area contributed by atoms with Gasteiger partial charge in [0.25, 0.3) is 0 Å². The van der Waals surface area contributed by atoms with E-state index in [1.807, 2.05) is 0 Å². The van der Waals surface area contributed by atoms with Gasteiger partial charge in [0, 0.05) is 6.54 Å². The van der Waals surface area contributed by atoms with Crippen molar-refractivity contribution in [3.63, 3.8) is 0 Å². The van der Waals surface area contributed by atoms with E-state index in [9.17, 15) is 0 Å². The largest absolute Gasteiger partial charge is 0.316 e. The van der Waals surface area contributed by atoms with E-state index in [0.29, 0.717) is 10.9 Å². The molecule has 2 aliphatic rings. The van der Waals surface area contributed by atoms with Gasteiger partial charge in [-0.25, -0.2) is 0 Å². The Bertz CT molecular complexity index is 157. The summed E-state index contributed by atoms with van der Waals surface area (Å²) in [6, 6.07) is 0. The van der Waals surface area contributed by atoms with Crippen molar-refractivity contribution >= 4 is 10.9 Å². The Morgan fingerprint density at radius 1 is 1.50 bits per heavy atom. The highest BCUT2D eigenvalue weighted by molar-refractivity contribution is 8.15. The van der Waals surface area contributed by atoms with E-state index in [-0.39, 0.29) is 0 Å². The predicted molar refractivity (Wildman–Crippen MR) is 58.3 cm³/mol. The molecule has 2 fully saturated rings. The second kappa shape index (κ2) is 3.22. The summed E-state index contributed by atoms with van der Waals surface area (Å²) < 4.78 is 0. The van der Waals surface area contributed by atoms with Gasteiger partial charge in [-0.3, -0.25) is 10.9 Å². The van der Waals surface area contributed by atoms with E-state index in [1.54, 1.807) is 0 Å². The van der Waals surface area contributed by atoms with Gasteiger partial charge in [0.1, 0.15) is 0 Å². The van der Waals surface area contributed by atoms with Crippen LogP contribution >= 0.6 is 10.9 Å². The highest BCUT2D eigenvalue weighted by Crippen LogP contribution is 2.49. The van der Waals surface area contributed by atoms with Crippen LogP contribution in [0.15, 0.2) is 0 Å². The molecule has 0 aromatic carbocycles. The Morgan fingerprint density at radius 3 is 3.08 bits per heavy atom. The zero-order chi connectivity index (χ0) is 8.60. The van der Waals surface area contributed by atoms with Gasteiger partial charge < -0.3 is 5.32 Å². The third-order valence-corrected chi connectivity index (χ3v) is 4.85. The summed E-state index contributed by atoms with van der Waals surface area (Å²) in [5.41, 5.74) is 0.745. The van der Waals surface area contributed by atoms with Crippen LogP contribution in [-0.2, 0) is 0 Å². The maximum Gasteiger partial charge on any atom is 0.00183 e. The molecule has 1 aliphatic carbocycles. The van der Waals surface area contributed by atoms with Crippen molar-refractivity contribution in [3.8, 4) is 0 Å². The smallest absolute Gasteiger partial charge is 0.00183 e. The maximum absolute atomic E-state index is 3.58. The molecule has 12 heavy (non-hydrogen) atoms. The SMILES string of the molecule is C[SH](C)CC12CCCC1CNC2. The van der Waals surface area contributed by atoms with Crippen molar-refractivity contribution in [3.05, 3.63) is 0 Å². The van der Waals surface area contributed by atoms with Crippen LogP contribution in [0.4, 0.5) is 0 Å². The molecule has 1 N–H and O–H groups in total. The maximum atomic E-state index is 3.58. The number of nitrogens with one attached hydrogen (secondary N) is 1.